The Kier molecular flexibility index (Phi) is 5.06. The minimum Gasteiger partial charge on any atom is -0.478 e. The number of sulfonamides is 1. The number of hydrogen-bond acceptors (Lipinski definition) is 6. The largest absolute Gasteiger partial charge is 0.478 e. The molecule has 2 aromatic carbocycles. The molecule has 30 heavy (non-hydrogen) atoms. The molecule has 0 bridgehead atoms. The maximum absolute atomic E-state index is 12.9. The molecule has 1 aliphatic carbocycles. The fraction of sp³-hybridized carbons (Fsp3) is 0. The fourth-order valence-electron chi connectivity index (χ4n) is 2.93. The van der Waals surface area contributed by atoms with Crippen LogP contribution in [0.3, 0.4) is 0 Å². The van der Waals surface area contributed by atoms with E-state index in [0.717, 1.165) is 11.3 Å². The van der Waals surface area contributed by atoms with E-state index in [1.54, 1.807) is 35.7 Å². The van der Waals surface area contributed by atoms with Crippen molar-refractivity contribution in [1.29, 1.82) is 0 Å². The number of allylic oxidation sites excluding steroid dienone is 2. The van der Waals surface area contributed by atoms with Gasteiger partial charge in [-0.2, -0.15) is 12.8 Å². The van der Waals surface area contributed by atoms with Crippen LogP contribution in [0.1, 0.15) is 26.3 Å². The predicted octanol–water partition coefficient (Wildman–Crippen LogP) is 3.82. The van der Waals surface area contributed by atoms with Gasteiger partial charge in [-0.25, -0.2) is 4.79 Å². The zero-order valence-corrected chi connectivity index (χ0v) is 16.9. The summed E-state index contributed by atoms with van der Waals surface area (Å²) in [6.07, 6.45) is 1.39. The van der Waals surface area contributed by atoms with Gasteiger partial charge >= 0.3 is 5.97 Å². The molecule has 0 atom stereocenters. The minimum absolute atomic E-state index is 0.108. The highest BCUT2D eigenvalue weighted by atomic mass is 32.2. The number of hydrogen-bond donors (Lipinski definition) is 2. The highest BCUT2D eigenvalue weighted by Crippen LogP contribution is 2.26. The standard InChI is InChI=1S/C21H14N2O5S2/c24-20-16-5-2-1-4-15(16)17(23-30(27,28)19-6-3-11-29-19)12-18(20)22-14-9-7-13(8-10-14)21(25)26/h1-12,22H,(H,25,26)/b23-17-. The number of rotatable bonds is 5. The first-order chi connectivity index (χ1) is 14.3. The molecule has 0 spiro atoms. The number of nitrogens with one attached hydrogen (secondary N) is 1. The number of ketones is 1. The number of carboxylic acids is 1. The highest BCUT2D eigenvalue weighted by molar-refractivity contribution is 7.92. The Morgan fingerprint density at radius 2 is 1.67 bits per heavy atom. The molecule has 1 aliphatic rings. The summed E-state index contributed by atoms with van der Waals surface area (Å²) in [5, 5.41) is 13.6. The summed E-state index contributed by atoms with van der Waals surface area (Å²) >= 11 is 1.06. The molecule has 0 aliphatic heterocycles. The van der Waals surface area contributed by atoms with Crippen molar-refractivity contribution >= 4 is 44.5 Å². The van der Waals surface area contributed by atoms with Gasteiger partial charge in [0.2, 0.25) is 5.78 Å². The molecule has 4 rings (SSSR count). The average molecular weight is 438 g/mol. The van der Waals surface area contributed by atoms with Crippen molar-refractivity contribution in [2.24, 2.45) is 4.40 Å². The first kappa shape index (κ1) is 19.7. The van der Waals surface area contributed by atoms with E-state index >= 15 is 0 Å². The lowest BCUT2D eigenvalue weighted by Crippen LogP contribution is -2.22. The molecule has 1 heterocycles. The summed E-state index contributed by atoms with van der Waals surface area (Å²) in [6, 6.07) is 15.6. The molecule has 0 saturated heterocycles. The summed E-state index contributed by atoms with van der Waals surface area (Å²) in [5.74, 6) is -1.38. The highest BCUT2D eigenvalue weighted by Gasteiger charge is 2.26. The van der Waals surface area contributed by atoms with Crippen molar-refractivity contribution in [3.63, 3.8) is 0 Å². The van der Waals surface area contributed by atoms with Gasteiger partial charge in [-0.05, 0) is 41.8 Å². The van der Waals surface area contributed by atoms with Gasteiger partial charge in [0.05, 0.1) is 17.0 Å². The van der Waals surface area contributed by atoms with E-state index in [2.05, 4.69) is 9.71 Å². The number of aromatic carboxylic acids is 1. The van der Waals surface area contributed by atoms with Crippen LogP contribution in [-0.2, 0) is 10.0 Å². The molecule has 0 amide bonds. The van der Waals surface area contributed by atoms with E-state index in [-0.39, 0.29) is 27.0 Å². The number of carbonyl (C=O) groups is 2. The maximum Gasteiger partial charge on any atom is 0.335 e. The first-order valence-electron chi connectivity index (χ1n) is 8.70. The third-order valence-corrected chi connectivity index (χ3v) is 7.02. The normalized spacial score (nSPS) is 14.9. The maximum atomic E-state index is 12.9. The van der Waals surface area contributed by atoms with Crippen LogP contribution in [0.15, 0.2) is 86.4 Å². The third kappa shape index (κ3) is 3.80. The van der Waals surface area contributed by atoms with Crippen LogP contribution in [0.4, 0.5) is 5.69 Å². The number of carbonyl (C=O) groups excluding carboxylic acids is 1. The van der Waals surface area contributed by atoms with E-state index in [1.165, 1.54) is 36.4 Å². The first-order valence-corrected chi connectivity index (χ1v) is 11.0. The molecule has 0 fully saturated rings. The molecule has 0 radical (unpaired) electrons. The summed E-state index contributed by atoms with van der Waals surface area (Å²) in [6.45, 7) is 0. The topological polar surface area (TPSA) is 113 Å². The zero-order valence-electron chi connectivity index (χ0n) is 15.3. The molecule has 9 heteroatoms. The van der Waals surface area contributed by atoms with Crippen molar-refractivity contribution in [2.75, 3.05) is 5.32 Å². The lowest BCUT2D eigenvalue weighted by atomic mass is 9.92. The number of fused-ring (bicyclic) bond motifs is 1. The van der Waals surface area contributed by atoms with Crippen LogP contribution in [0.5, 0.6) is 0 Å². The molecule has 150 valence electrons. The van der Waals surface area contributed by atoms with E-state index in [9.17, 15) is 18.0 Å². The molecular formula is C21H14N2O5S2. The number of benzene rings is 2. The minimum atomic E-state index is -3.93. The predicted molar refractivity (Wildman–Crippen MR) is 114 cm³/mol. The molecule has 7 nitrogen and oxygen atoms in total. The Hall–Kier alpha value is -3.56. The second kappa shape index (κ2) is 7.69. The number of carboxylic acid groups (broad SMARTS) is 1. The number of thiophene rings is 1. The Morgan fingerprint density at radius 1 is 0.967 bits per heavy atom. The van der Waals surface area contributed by atoms with E-state index in [1.807, 2.05) is 0 Å². The van der Waals surface area contributed by atoms with E-state index in [0.29, 0.717) is 16.8 Å². The Bertz CT molecular complexity index is 1310. The van der Waals surface area contributed by atoms with Gasteiger partial charge in [0.15, 0.2) is 0 Å². The van der Waals surface area contributed by atoms with E-state index in [4.69, 9.17) is 5.11 Å². The average Bonchev–Trinajstić information content (AvgIpc) is 3.28. The lowest BCUT2D eigenvalue weighted by Gasteiger charge is -2.18. The molecule has 3 aromatic rings. The summed E-state index contributed by atoms with van der Waals surface area (Å²) in [7, 11) is -3.93. The lowest BCUT2D eigenvalue weighted by molar-refractivity contribution is 0.0696. The van der Waals surface area contributed by atoms with Gasteiger partial charge in [0.1, 0.15) is 4.21 Å². The summed E-state index contributed by atoms with van der Waals surface area (Å²) in [5.41, 5.74) is 1.62. The van der Waals surface area contributed by atoms with Crippen molar-refractivity contribution in [2.45, 2.75) is 4.21 Å². The number of anilines is 1. The molecule has 2 N–H and O–H groups in total. The van der Waals surface area contributed by atoms with Gasteiger partial charge < -0.3 is 10.4 Å². The van der Waals surface area contributed by atoms with Crippen molar-refractivity contribution in [3.8, 4) is 0 Å². The molecule has 0 saturated carbocycles. The molecule has 1 aromatic heterocycles. The van der Waals surface area contributed by atoms with Gasteiger partial charge in [-0.15, -0.1) is 11.3 Å². The van der Waals surface area contributed by atoms with Crippen LogP contribution in [0.25, 0.3) is 0 Å². The van der Waals surface area contributed by atoms with Gasteiger partial charge in [0.25, 0.3) is 10.0 Å². The molecule has 0 unspecified atom stereocenters. The third-order valence-electron chi connectivity index (χ3n) is 4.35. The monoisotopic (exact) mass is 438 g/mol. The second-order valence-corrected chi connectivity index (χ2v) is 9.10. The van der Waals surface area contributed by atoms with Crippen LogP contribution in [0.2, 0.25) is 0 Å². The van der Waals surface area contributed by atoms with E-state index < -0.39 is 16.0 Å². The van der Waals surface area contributed by atoms with Crippen molar-refractivity contribution in [1.82, 2.24) is 0 Å². The van der Waals surface area contributed by atoms with Crippen LogP contribution < -0.4 is 5.32 Å². The van der Waals surface area contributed by atoms with Gasteiger partial charge in [0, 0.05) is 16.8 Å². The Morgan fingerprint density at radius 3 is 2.30 bits per heavy atom. The van der Waals surface area contributed by atoms with Crippen molar-refractivity contribution < 1.29 is 23.1 Å². The van der Waals surface area contributed by atoms with Gasteiger partial charge in [-0.3, -0.25) is 4.79 Å². The fourth-order valence-corrected chi connectivity index (χ4v) is 4.90. The van der Waals surface area contributed by atoms with Crippen LogP contribution in [0, 0.1) is 0 Å². The SMILES string of the molecule is O=C(O)c1ccc(NC2=C/C(=N/S(=O)(=O)c3cccs3)c3ccccc3C2=O)cc1. The number of nitrogens with zero attached hydrogens (tertiary/aromatic N) is 1. The Balaban J connectivity index is 1.76. The van der Waals surface area contributed by atoms with Crippen LogP contribution >= 0.6 is 11.3 Å². The summed E-state index contributed by atoms with van der Waals surface area (Å²) in [4.78, 5) is 23.9. The van der Waals surface area contributed by atoms with Crippen molar-refractivity contribution in [3.05, 3.63) is 94.5 Å². The van der Waals surface area contributed by atoms with Crippen LogP contribution in [-0.4, -0.2) is 31.0 Å². The Labute approximate surface area is 176 Å². The summed E-state index contributed by atoms with van der Waals surface area (Å²) < 4.78 is 29.4. The second-order valence-electron chi connectivity index (χ2n) is 6.32. The van der Waals surface area contributed by atoms with Gasteiger partial charge in [-0.1, -0.05) is 30.3 Å². The zero-order chi connectivity index (χ0) is 21.3. The quantitative estimate of drug-likeness (QED) is 0.626. The molecular weight excluding hydrogens is 424 g/mol. The smallest absolute Gasteiger partial charge is 0.335 e. The number of Topliss-reactive ketones (excluding diaryl/α,β-unsaturated/α-hetero) is 1.